The standard InChI is InChI=1S/C24H29N5O4S.ClH/c1-17-14-20(15-25)4-6-22(17)34(31,32)28-8-9-29(18(2)16-28)24(30)21-5-7-23(26-19(21)3)27-10-12-33-13-11-27;/h4-7,14,18H,8-13,16H2,1-3H3;1H/t18-;/m0./s1. The van der Waals surface area contributed by atoms with Crippen molar-refractivity contribution in [2.75, 3.05) is 50.8 Å². The number of nitrogens with zero attached hydrogens (tertiary/aromatic N) is 5. The Labute approximate surface area is 212 Å². The summed E-state index contributed by atoms with van der Waals surface area (Å²) in [6.07, 6.45) is 0. The van der Waals surface area contributed by atoms with Crippen molar-refractivity contribution >= 4 is 34.2 Å². The van der Waals surface area contributed by atoms with E-state index in [-0.39, 0.29) is 42.3 Å². The fourth-order valence-corrected chi connectivity index (χ4v) is 6.21. The molecule has 1 aromatic heterocycles. The summed E-state index contributed by atoms with van der Waals surface area (Å²) in [6.45, 7) is 8.93. The molecule has 188 valence electrons. The molecule has 2 saturated heterocycles. The molecular weight excluding hydrogens is 490 g/mol. The van der Waals surface area contributed by atoms with Gasteiger partial charge in [0, 0.05) is 38.8 Å². The zero-order valence-electron chi connectivity index (χ0n) is 20.1. The number of sulfonamides is 1. The highest BCUT2D eigenvalue weighted by molar-refractivity contribution is 7.89. The van der Waals surface area contributed by atoms with Crippen LogP contribution in [0.5, 0.6) is 0 Å². The van der Waals surface area contributed by atoms with Crippen molar-refractivity contribution in [3.63, 3.8) is 0 Å². The number of ether oxygens (including phenoxy) is 1. The van der Waals surface area contributed by atoms with Crippen molar-refractivity contribution in [3.05, 3.63) is 52.7 Å². The first-order valence-electron chi connectivity index (χ1n) is 11.3. The summed E-state index contributed by atoms with van der Waals surface area (Å²) in [6, 6.07) is 9.98. The van der Waals surface area contributed by atoms with Crippen LogP contribution in [0.25, 0.3) is 0 Å². The van der Waals surface area contributed by atoms with E-state index < -0.39 is 10.0 Å². The first-order chi connectivity index (χ1) is 16.2. The smallest absolute Gasteiger partial charge is 0.256 e. The van der Waals surface area contributed by atoms with Crippen LogP contribution < -0.4 is 4.90 Å². The minimum atomic E-state index is -3.73. The number of benzene rings is 1. The predicted octanol–water partition coefficient (Wildman–Crippen LogP) is 2.36. The number of hydrogen-bond donors (Lipinski definition) is 0. The number of aromatic nitrogens is 1. The third-order valence-corrected chi connectivity index (χ3v) is 8.43. The summed E-state index contributed by atoms with van der Waals surface area (Å²) in [4.78, 5) is 22.0. The van der Waals surface area contributed by atoms with E-state index in [2.05, 4.69) is 9.88 Å². The second-order valence-electron chi connectivity index (χ2n) is 8.70. The summed E-state index contributed by atoms with van der Waals surface area (Å²) in [5.74, 6) is 0.691. The van der Waals surface area contributed by atoms with Crippen molar-refractivity contribution in [1.82, 2.24) is 14.2 Å². The van der Waals surface area contributed by atoms with E-state index in [1.807, 2.05) is 32.0 Å². The Morgan fingerprint density at radius 1 is 1.11 bits per heavy atom. The molecule has 2 aromatic rings. The lowest BCUT2D eigenvalue weighted by Crippen LogP contribution is -2.55. The molecule has 0 unspecified atom stereocenters. The number of carbonyl (C=O) groups is 1. The van der Waals surface area contributed by atoms with Gasteiger partial charge in [-0.05, 0) is 56.7 Å². The topological polar surface area (TPSA) is 107 Å². The molecular formula is C24H30ClN5O4S. The van der Waals surface area contributed by atoms with Crippen LogP contribution in [0.15, 0.2) is 35.2 Å². The van der Waals surface area contributed by atoms with Gasteiger partial charge in [-0.2, -0.15) is 9.57 Å². The number of pyridine rings is 1. The highest BCUT2D eigenvalue weighted by atomic mass is 35.5. The van der Waals surface area contributed by atoms with Crippen LogP contribution in [0.1, 0.15) is 34.1 Å². The van der Waals surface area contributed by atoms with Gasteiger partial charge in [0.05, 0.1) is 41.0 Å². The zero-order chi connectivity index (χ0) is 24.5. The second kappa shape index (κ2) is 10.9. The Morgan fingerprint density at radius 3 is 2.43 bits per heavy atom. The lowest BCUT2D eigenvalue weighted by atomic mass is 10.1. The number of amides is 1. The number of nitriles is 1. The quantitative estimate of drug-likeness (QED) is 0.610. The van der Waals surface area contributed by atoms with Gasteiger partial charge in [-0.1, -0.05) is 0 Å². The van der Waals surface area contributed by atoms with Crippen molar-refractivity contribution < 1.29 is 17.9 Å². The SMILES string of the molecule is Cc1cc(C#N)ccc1S(=O)(=O)N1CCN(C(=O)c2ccc(N3CCOCC3)nc2C)[C@@H](C)C1.Cl. The van der Waals surface area contributed by atoms with Gasteiger partial charge in [0.25, 0.3) is 5.91 Å². The van der Waals surface area contributed by atoms with Gasteiger partial charge in [-0.25, -0.2) is 13.4 Å². The molecule has 0 spiro atoms. The minimum absolute atomic E-state index is 0. The molecule has 1 atom stereocenters. The summed E-state index contributed by atoms with van der Waals surface area (Å²) >= 11 is 0. The first-order valence-corrected chi connectivity index (χ1v) is 12.8. The van der Waals surface area contributed by atoms with Crippen LogP contribution in [0, 0.1) is 25.2 Å². The number of carbonyl (C=O) groups excluding carboxylic acids is 1. The highest BCUT2D eigenvalue weighted by Gasteiger charge is 2.35. The van der Waals surface area contributed by atoms with E-state index in [0.29, 0.717) is 42.1 Å². The lowest BCUT2D eigenvalue weighted by molar-refractivity contribution is 0.0590. The first kappa shape index (κ1) is 26.9. The van der Waals surface area contributed by atoms with E-state index >= 15 is 0 Å². The van der Waals surface area contributed by atoms with Crippen molar-refractivity contribution in [2.45, 2.75) is 31.7 Å². The normalized spacial score (nSPS) is 19.1. The van der Waals surface area contributed by atoms with Crippen molar-refractivity contribution in [3.8, 4) is 6.07 Å². The molecule has 11 heteroatoms. The Kier molecular flexibility index (Phi) is 8.38. The number of halogens is 1. The highest BCUT2D eigenvalue weighted by Crippen LogP contribution is 2.25. The average Bonchev–Trinajstić information content (AvgIpc) is 2.83. The van der Waals surface area contributed by atoms with E-state index in [1.54, 1.807) is 17.9 Å². The Balaban J connectivity index is 0.00000342. The van der Waals surface area contributed by atoms with Crippen LogP contribution in [-0.2, 0) is 14.8 Å². The van der Waals surface area contributed by atoms with Crippen molar-refractivity contribution in [1.29, 1.82) is 5.26 Å². The van der Waals surface area contributed by atoms with E-state index in [1.165, 1.54) is 16.4 Å². The van der Waals surface area contributed by atoms with Gasteiger partial charge in [-0.3, -0.25) is 4.79 Å². The van der Waals surface area contributed by atoms with Gasteiger partial charge in [-0.15, -0.1) is 12.4 Å². The molecule has 2 fully saturated rings. The van der Waals surface area contributed by atoms with Crippen LogP contribution in [0.4, 0.5) is 5.82 Å². The Bertz CT molecular complexity index is 1240. The molecule has 0 saturated carbocycles. The molecule has 4 rings (SSSR count). The number of rotatable bonds is 4. The van der Waals surface area contributed by atoms with E-state index in [9.17, 15) is 13.2 Å². The van der Waals surface area contributed by atoms with Crippen LogP contribution >= 0.6 is 12.4 Å². The van der Waals surface area contributed by atoms with Crippen molar-refractivity contribution in [2.24, 2.45) is 0 Å². The average molecular weight is 520 g/mol. The maximum absolute atomic E-state index is 13.3. The largest absolute Gasteiger partial charge is 0.378 e. The second-order valence-corrected chi connectivity index (χ2v) is 10.6. The summed E-state index contributed by atoms with van der Waals surface area (Å²) in [5.41, 5.74) is 2.14. The summed E-state index contributed by atoms with van der Waals surface area (Å²) < 4.78 is 33.3. The molecule has 1 aromatic carbocycles. The van der Waals surface area contributed by atoms with Gasteiger partial charge in [0.2, 0.25) is 10.0 Å². The zero-order valence-corrected chi connectivity index (χ0v) is 21.7. The lowest BCUT2D eigenvalue weighted by Gasteiger charge is -2.39. The fourth-order valence-electron chi connectivity index (χ4n) is 4.49. The van der Waals surface area contributed by atoms with Gasteiger partial charge in [0.1, 0.15) is 5.82 Å². The molecule has 0 radical (unpaired) electrons. The predicted molar refractivity (Wildman–Crippen MR) is 134 cm³/mol. The number of piperazine rings is 1. The molecule has 0 bridgehead atoms. The Hall–Kier alpha value is -2.71. The van der Waals surface area contributed by atoms with E-state index in [0.717, 1.165) is 18.9 Å². The number of morpholine rings is 1. The Morgan fingerprint density at radius 2 is 1.83 bits per heavy atom. The number of hydrogen-bond acceptors (Lipinski definition) is 7. The van der Waals surface area contributed by atoms with Crippen LogP contribution in [-0.4, -0.2) is 80.5 Å². The molecule has 1 amide bonds. The molecule has 2 aliphatic heterocycles. The van der Waals surface area contributed by atoms with Gasteiger partial charge in [0.15, 0.2) is 0 Å². The van der Waals surface area contributed by atoms with Crippen LogP contribution in [0.3, 0.4) is 0 Å². The van der Waals surface area contributed by atoms with E-state index in [4.69, 9.17) is 10.00 Å². The minimum Gasteiger partial charge on any atom is -0.378 e. The summed E-state index contributed by atoms with van der Waals surface area (Å²) in [5, 5.41) is 9.06. The molecule has 35 heavy (non-hydrogen) atoms. The monoisotopic (exact) mass is 519 g/mol. The van der Waals surface area contributed by atoms with Gasteiger partial charge < -0.3 is 14.5 Å². The number of anilines is 1. The maximum atomic E-state index is 13.3. The molecule has 0 aliphatic carbocycles. The molecule has 3 heterocycles. The van der Waals surface area contributed by atoms with Crippen LogP contribution in [0.2, 0.25) is 0 Å². The molecule has 2 aliphatic rings. The van der Waals surface area contributed by atoms with Gasteiger partial charge >= 0.3 is 0 Å². The maximum Gasteiger partial charge on any atom is 0.256 e. The molecule has 9 nitrogen and oxygen atoms in total. The third-order valence-electron chi connectivity index (χ3n) is 6.41. The fraction of sp³-hybridized carbons (Fsp3) is 0.458. The third kappa shape index (κ3) is 5.43. The molecule has 0 N–H and O–H groups in total. The number of aryl methyl sites for hydroxylation is 2. The summed E-state index contributed by atoms with van der Waals surface area (Å²) in [7, 11) is -3.73.